The fourth-order valence-corrected chi connectivity index (χ4v) is 1.64. The van der Waals surface area contributed by atoms with Crippen LogP contribution in [0.4, 0.5) is 5.69 Å². The highest BCUT2D eigenvalue weighted by Gasteiger charge is 2.20. The van der Waals surface area contributed by atoms with Gasteiger partial charge in [0, 0.05) is 13.0 Å². The summed E-state index contributed by atoms with van der Waals surface area (Å²) in [6.45, 7) is 1.94. The van der Waals surface area contributed by atoms with Crippen LogP contribution in [0.15, 0.2) is 18.2 Å². The van der Waals surface area contributed by atoms with Crippen LogP contribution in [0.3, 0.4) is 0 Å². The van der Waals surface area contributed by atoms with E-state index in [1.54, 1.807) is 6.92 Å². The normalized spacial score (nSPS) is 11.7. The zero-order chi connectivity index (χ0) is 15.8. The van der Waals surface area contributed by atoms with Crippen LogP contribution in [0.1, 0.15) is 13.3 Å². The van der Waals surface area contributed by atoms with Crippen molar-refractivity contribution in [2.24, 2.45) is 0 Å². The maximum Gasteiger partial charge on any atom is 0.332 e. The van der Waals surface area contributed by atoms with Gasteiger partial charge in [0.25, 0.3) is 0 Å². The van der Waals surface area contributed by atoms with Crippen LogP contribution in [0, 0.1) is 10.1 Å². The summed E-state index contributed by atoms with van der Waals surface area (Å²) in [6, 6.07) is 4.18. The van der Waals surface area contributed by atoms with Crippen molar-refractivity contribution in [3.05, 3.63) is 28.3 Å². The average molecular weight is 299 g/mol. The number of carboxylic acids is 1. The zero-order valence-corrected chi connectivity index (χ0v) is 11.8. The van der Waals surface area contributed by atoms with Crippen molar-refractivity contribution in [1.29, 1.82) is 0 Å². The Hall–Kier alpha value is -2.35. The molecular weight excluding hydrogens is 282 g/mol. The molecule has 1 aromatic rings. The van der Waals surface area contributed by atoms with Gasteiger partial charge in [0.15, 0.2) is 11.9 Å². The smallest absolute Gasteiger partial charge is 0.332 e. The van der Waals surface area contributed by atoms with E-state index in [9.17, 15) is 14.9 Å². The van der Waals surface area contributed by atoms with Gasteiger partial charge in [0.1, 0.15) is 5.75 Å². The molecule has 0 aromatic heterocycles. The predicted molar refractivity (Wildman–Crippen MR) is 72.8 cm³/mol. The Labute approximate surface area is 121 Å². The van der Waals surface area contributed by atoms with Crippen molar-refractivity contribution in [2.75, 3.05) is 20.3 Å². The molecule has 1 rings (SSSR count). The molecular formula is C13H17NO7. The first kappa shape index (κ1) is 16.7. The van der Waals surface area contributed by atoms with E-state index >= 15 is 0 Å². The Balaban J connectivity index is 2.70. The Kier molecular flexibility index (Phi) is 6.41. The standard InChI is InChI=1S/C13H17NO7/c1-3-20-12(13(15)16)6-7-21-11-5-4-9(19-2)8-10(11)14(17)18/h4-5,8,12H,3,6-7H2,1-2H3,(H,15,16). The molecule has 1 N–H and O–H groups in total. The van der Waals surface area contributed by atoms with Crippen molar-refractivity contribution in [2.45, 2.75) is 19.4 Å². The van der Waals surface area contributed by atoms with E-state index in [1.165, 1.54) is 25.3 Å². The molecule has 21 heavy (non-hydrogen) atoms. The van der Waals surface area contributed by atoms with E-state index < -0.39 is 17.0 Å². The maximum absolute atomic E-state index is 10.9. The van der Waals surface area contributed by atoms with Gasteiger partial charge in [-0.15, -0.1) is 0 Å². The van der Waals surface area contributed by atoms with Crippen molar-refractivity contribution >= 4 is 11.7 Å². The molecule has 0 bridgehead atoms. The molecule has 8 heteroatoms. The number of rotatable bonds is 9. The molecule has 0 fully saturated rings. The van der Waals surface area contributed by atoms with Gasteiger partial charge in [-0.1, -0.05) is 0 Å². The molecule has 0 heterocycles. The third-order valence-corrected chi connectivity index (χ3v) is 2.64. The summed E-state index contributed by atoms with van der Waals surface area (Å²) in [5.41, 5.74) is -0.238. The fourth-order valence-electron chi connectivity index (χ4n) is 1.64. The molecule has 0 spiro atoms. The van der Waals surface area contributed by atoms with Crippen molar-refractivity contribution in [3.8, 4) is 11.5 Å². The fraction of sp³-hybridized carbons (Fsp3) is 0.462. The topological polar surface area (TPSA) is 108 Å². The molecule has 8 nitrogen and oxygen atoms in total. The zero-order valence-electron chi connectivity index (χ0n) is 11.8. The van der Waals surface area contributed by atoms with Crippen LogP contribution >= 0.6 is 0 Å². The molecule has 0 saturated carbocycles. The van der Waals surface area contributed by atoms with Crippen molar-refractivity contribution in [3.63, 3.8) is 0 Å². The van der Waals surface area contributed by atoms with Gasteiger partial charge in [-0.25, -0.2) is 4.79 Å². The van der Waals surface area contributed by atoms with Gasteiger partial charge in [0.05, 0.1) is 24.7 Å². The number of benzene rings is 1. The highest BCUT2D eigenvalue weighted by molar-refractivity contribution is 5.72. The quantitative estimate of drug-likeness (QED) is 0.547. The Morgan fingerprint density at radius 1 is 1.48 bits per heavy atom. The van der Waals surface area contributed by atoms with Gasteiger partial charge in [-0.2, -0.15) is 0 Å². The monoisotopic (exact) mass is 299 g/mol. The van der Waals surface area contributed by atoms with E-state index in [2.05, 4.69) is 0 Å². The molecule has 1 atom stereocenters. The Bertz CT molecular complexity index is 503. The van der Waals surface area contributed by atoms with Gasteiger partial charge >= 0.3 is 11.7 Å². The largest absolute Gasteiger partial charge is 0.496 e. The molecule has 1 unspecified atom stereocenters. The first-order valence-corrected chi connectivity index (χ1v) is 6.29. The highest BCUT2D eigenvalue weighted by Crippen LogP contribution is 2.31. The summed E-state index contributed by atoms with van der Waals surface area (Å²) in [4.78, 5) is 21.2. The predicted octanol–water partition coefficient (Wildman–Crippen LogP) is 1.86. The van der Waals surface area contributed by atoms with E-state index in [0.717, 1.165) is 0 Å². The first-order valence-electron chi connectivity index (χ1n) is 6.29. The van der Waals surface area contributed by atoms with E-state index in [0.29, 0.717) is 5.75 Å². The van der Waals surface area contributed by atoms with Crippen molar-refractivity contribution < 1.29 is 29.0 Å². The van der Waals surface area contributed by atoms with Gasteiger partial charge in [0.2, 0.25) is 0 Å². The maximum atomic E-state index is 10.9. The molecule has 0 aliphatic rings. The van der Waals surface area contributed by atoms with E-state index in [1.807, 2.05) is 0 Å². The number of methoxy groups -OCH3 is 1. The molecule has 116 valence electrons. The van der Waals surface area contributed by atoms with Crippen LogP contribution < -0.4 is 9.47 Å². The number of aliphatic carboxylic acids is 1. The average Bonchev–Trinajstić information content (AvgIpc) is 2.46. The summed E-state index contributed by atoms with van der Waals surface area (Å²) in [5, 5.41) is 19.9. The van der Waals surface area contributed by atoms with E-state index in [4.69, 9.17) is 19.3 Å². The summed E-state index contributed by atoms with van der Waals surface area (Å²) < 4.78 is 15.2. The molecule has 0 aliphatic heterocycles. The number of carbonyl (C=O) groups is 1. The lowest BCUT2D eigenvalue weighted by Crippen LogP contribution is -2.26. The summed E-state index contributed by atoms with van der Waals surface area (Å²) in [5.74, 6) is -0.696. The number of nitrogens with zero attached hydrogens (tertiary/aromatic N) is 1. The van der Waals surface area contributed by atoms with Gasteiger partial charge in [-0.3, -0.25) is 10.1 Å². The number of carboxylic acid groups (broad SMARTS) is 1. The third kappa shape index (κ3) is 4.92. The van der Waals surface area contributed by atoms with Crippen LogP contribution in [0.2, 0.25) is 0 Å². The van der Waals surface area contributed by atoms with Crippen molar-refractivity contribution in [1.82, 2.24) is 0 Å². The van der Waals surface area contributed by atoms with Crippen LogP contribution in [0.5, 0.6) is 11.5 Å². The Morgan fingerprint density at radius 3 is 2.71 bits per heavy atom. The second-order valence-corrected chi connectivity index (χ2v) is 4.01. The minimum Gasteiger partial charge on any atom is -0.496 e. The summed E-state index contributed by atoms with van der Waals surface area (Å²) in [6.07, 6.45) is -0.904. The second kappa shape index (κ2) is 8.05. The number of hydrogen-bond donors (Lipinski definition) is 1. The number of hydrogen-bond acceptors (Lipinski definition) is 6. The summed E-state index contributed by atoms with van der Waals surface area (Å²) >= 11 is 0. The number of nitro benzene ring substituents is 1. The van der Waals surface area contributed by atoms with Crippen LogP contribution in [-0.4, -0.2) is 42.4 Å². The molecule has 0 amide bonds. The molecule has 0 saturated heterocycles. The number of nitro groups is 1. The first-order chi connectivity index (χ1) is 9.99. The van der Waals surface area contributed by atoms with E-state index in [-0.39, 0.29) is 31.1 Å². The lowest BCUT2D eigenvalue weighted by molar-refractivity contribution is -0.386. The number of ether oxygens (including phenoxy) is 3. The van der Waals surface area contributed by atoms with Gasteiger partial charge < -0.3 is 19.3 Å². The molecule has 0 radical (unpaired) electrons. The minimum atomic E-state index is -1.09. The lowest BCUT2D eigenvalue weighted by Gasteiger charge is -2.13. The molecule has 0 aliphatic carbocycles. The third-order valence-electron chi connectivity index (χ3n) is 2.64. The second-order valence-electron chi connectivity index (χ2n) is 4.01. The van der Waals surface area contributed by atoms with Gasteiger partial charge in [-0.05, 0) is 19.1 Å². The minimum absolute atomic E-state index is 0.00979. The Morgan fingerprint density at radius 2 is 2.19 bits per heavy atom. The summed E-state index contributed by atoms with van der Waals surface area (Å²) in [7, 11) is 1.40. The molecule has 1 aromatic carbocycles. The van der Waals surface area contributed by atoms with Crippen LogP contribution in [0.25, 0.3) is 0 Å². The van der Waals surface area contributed by atoms with Crippen LogP contribution in [-0.2, 0) is 9.53 Å². The lowest BCUT2D eigenvalue weighted by atomic mass is 10.2. The highest BCUT2D eigenvalue weighted by atomic mass is 16.6. The SMILES string of the molecule is CCOC(CCOc1ccc(OC)cc1[N+](=O)[O-])C(=O)O.